The summed E-state index contributed by atoms with van der Waals surface area (Å²) in [5, 5.41) is 0. The van der Waals surface area contributed by atoms with E-state index in [1.54, 1.807) is 25.1 Å². The number of hydrogen-bond donors (Lipinski definition) is 2. The summed E-state index contributed by atoms with van der Waals surface area (Å²) < 4.78 is 54.4. The van der Waals surface area contributed by atoms with Crippen LogP contribution in [0.25, 0.3) is 0 Å². The molecule has 0 heterocycles. The molecule has 0 bridgehead atoms. The molecular formula is C17H20N2O4S2. The van der Waals surface area contributed by atoms with Gasteiger partial charge in [0, 0.05) is 11.7 Å². The number of benzene rings is 2. The van der Waals surface area contributed by atoms with Gasteiger partial charge < -0.3 is 0 Å². The molecule has 0 amide bonds. The molecule has 0 aromatic heterocycles. The zero-order chi connectivity index (χ0) is 18.2. The van der Waals surface area contributed by atoms with Crippen molar-refractivity contribution in [1.29, 1.82) is 0 Å². The minimum absolute atomic E-state index is 0.0210. The first kappa shape index (κ1) is 17.9. The minimum Gasteiger partial charge on any atom is -0.280 e. The molecule has 6 nitrogen and oxygen atoms in total. The van der Waals surface area contributed by atoms with Crippen LogP contribution in [0.15, 0.2) is 52.3 Å². The number of anilines is 1. The lowest BCUT2D eigenvalue weighted by atomic mass is 10.2. The first-order chi connectivity index (χ1) is 11.7. The van der Waals surface area contributed by atoms with Gasteiger partial charge in [0.15, 0.2) is 0 Å². The molecule has 2 aromatic carbocycles. The highest BCUT2D eigenvalue weighted by atomic mass is 32.2. The number of rotatable bonds is 6. The molecule has 1 fully saturated rings. The normalized spacial score (nSPS) is 15.1. The van der Waals surface area contributed by atoms with Gasteiger partial charge in [-0.1, -0.05) is 17.7 Å². The fourth-order valence-corrected chi connectivity index (χ4v) is 5.09. The van der Waals surface area contributed by atoms with Gasteiger partial charge in [0.25, 0.3) is 10.0 Å². The predicted molar refractivity (Wildman–Crippen MR) is 96.5 cm³/mol. The van der Waals surface area contributed by atoms with Gasteiger partial charge in [-0.15, -0.1) is 0 Å². The van der Waals surface area contributed by atoms with E-state index in [2.05, 4.69) is 9.44 Å². The Hall–Kier alpha value is -1.90. The summed E-state index contributed by atoms with van der Waals surface area (Å²) >= 11 is 0. The van der Waals surface area contributed by atoms with E-state index in [9.17, 15) is 16.8 Å². The lowest BCUT2D eigenvalue weighted by Gasteiger charge is -2.12. The SMILES string of the molecule is Cc1ccc(S(=O)(=O)Nc2ccc(S(=O)(=O)NC3CC3)cc2)c(C)c1. The van der Waals surface area contributed by atoms with Crippen LogP contribution in [0.2, 0.25) is 0 Å². The molecular weight excluding hydrogens is 360 g/mol. The van der Waals surface area contributed by atoms with Gasteiger partial charge >= 0.3 is 0 Å². The number of aryl methyl sites for hydroxylation is 2. The van der Waals surface area contributed by atoms with Gasteiger partial charge in [-0.05, 0) is 62.6 Å². The van der Waals surface area contributed by atoms with E-state index in [-0.39, 0.29) is 15.8 Å². The van der Waals surface area contributed by atoms with Crippen LogP contribution in [-0.4, -0.2) is 22.9 Å². The number of nitrogens with one attached hydrogen (secondary N) is 2. The molecule has 1 saturated carbocycles. The number of sulfonamides is 2. The average Bonchev–Trinajstić information content (AvgIpc) is 3.30. The molecule has 8 heteroatoms. The largest absolute Gasteiger partial charge is 0.280 e. The lowest BCUT2D eigenvalue weighted by molar-refractivity contribution is 0.581. The maximum atomic E-state index is 12.5. The van der Waals surface area contributed by atoms with Crippen molar-refractivity contribution in [2.24, 2.45) is 0 Å². The van der Waals surface area contributed by atoms with Crippen molar-refractivity contribution < 1.29 is 16.8 Å². The van der Waals surface area contributed by atoms with Crippen molar-refractivity contribution in [2.75, 3.05) is 4.72 Å². The topological polar surface area (TPSA) is 92.3 Å². The first-order valence-corrected chi connectivity index (χ1v) is 10.9. The smallest absolute Gasteiger partial charge is 0.262 e. The molecule has 2 aromatic rings. The Labute approximate surface area is 148 Å². The van der Waals surface area contributed by atoms with Crippen LogP contribution in [0.3, 0.4) is 0 Å². The summed E-state index contributed by atoms with van der Waals surface area (Å²) in [4.78, 5) is 0.319. The van der Waals surface area contributed by atoms with Gasteiger partial charge in [-0.2, -0.15) is 0 Å². The minimum atomic E-state index is -3.73. The summed E-state index contributed by atoms with van der Waals surface area (Å²) in [7, 11) is -7.28. The van der Waals surface area contributed by atoms with E-state index in [0.717, 1.165) is 18.4 Å². The Bertz CT molecular complexity index is 993. The monoisotopic (exact) mass is 380 g/mol. The quantitative estimate of drug-likeness (QED) is 0.805. The second-order valence-corrected chi connectivity index (χ2v) is 9.66. The molecule has 2 N–H and O–H groups in total. The maximum absolute atomic E-state index is 12.5. The summed E-state index contributed by atoms with van der Waals surface area (Å²) in [6, 6.07) is 10.8. The van der Waals surface area contributed by atoms with Crippen LogP contribution >= 0.6 is 0 Å². The van der Waals surface area contributed by atoms with Gasteiger partial charge in [0.1, 0.15) is 0 Å². The molecule has 0 unspecified atom stereocenters. The van der Waals surface area contributed by atoms with Gasteiger partial charge in [0.05, 0.1) is 9.79 Å². The van der Waals surface area contributed by atoms with Gasteiger partial charge in [-0.3, -0.25) is 4.72 Å². The first-order valence-electron chi connectivity index (χ1n) is 7.90. The summed E-state index contributed by atoms with van der Waals surface area (Å²) in [5.74, 6) is 0. The highest BCUT2D eigenvalue weighted by Gasteiger charge is 2.28. The highest BCUT2D eigenvalue weighted by Crippen LogP contribution is 2.24. The molecule has 1 aliphatic rings. The van der Waals surface area contributed by atoms with Gasteiger partial charge in [-0.25, -0.2) is 21.6 Å². The third kappa shape index (κ3) is 4.20. The summed E-state index contributed by atoms with van der Waals surface area (Å²) in [6.07, 6.45) is 1.71. The summed E-state index contributed by atoms with van der Waals surface area (Å²) in [6.45, 7) is 3.63. The molecule has 0 radical (unpaired) electrons. The Morgan fingerprint density at radius 2 is 1.52 bits per heavy atom. The molecule has 0 atom stereocenters. The van der Waals surface area contributed by atoms with Crippen molar-refractivity contribution >= 4 is 25.7 Å². The van der Waals surface area contributed by atoms with E-state index >= 15 is 0 Å². The maximum Gasteiger partial charge on any atom is 0.262 e. The fourth-order valence-electron chi connectivity index (χ4n) is 2.50. The standard InChI is InChI=1S/C17H20N2O4S2/c1-12-3-10-17(13(2)11-12)25(22,23)19-15-6-8-16(9-7-15)24(20,21)18-14-4-5-14/h3,6-11,14,18-19H,4-5H2,1-2H3. The average molecular weight is 380 g/mol. The predicted octanol–water partition coefficient (Wildman–Crippen LogP) is 2.54. The van der Waals surface area contributed by atoms with E-state index < -0.39 is 20.0 Å². The van der Waals surface area contributed by atoms with Crippen LogP contribution in [0, 0.1) is 13.8 Å². The highest BCUT2D eigenvalue weighted by molar-refractivity contribution is 7.92. The van der Waals surface area contributed by atoms with Crippen molar-refractivity contribution in [2.45, 2.75) is 42.5 Å². The van der Waals surface area contributed by atoms with Crippen LogP contribution in [0.5, 0.6) is 0 Å². The molecule has 0 aliphatic heterocycles. The van der Waals surface area contributed by atoms with E-state index in [4.69, 9.17) is 0 Å². The molecule has 0 saturated heterocycles. The van der Waals surface area contributed by atoms with E-state index in [1.807, 2.05) is 6.92 Å². The van der Waals surface area contributed by atoms with Crippen LogP contribution in [0.4, 0.5) is 5.69 Å². The third-order valence-corrected chi connectivity index (χ3v) is 7.01. The third-order valence-electron chi connectivity index (χ3n) is 3.94. The van der Waals surface area contributed by atoms with Crippen molar-refractivity contribution in [3.05, 3.63) is 53.6 Å². The van der Waals surface area contributed by atoms with Crippen LogP contribution in [0.1, 0.15) is 24.0 Å². The molecule has 0 spiro atoms. The zero-order valence-electron chi connectivity index (χ0n) is 14.0. The fraction of sp³-hybridized carbons (Fsp3) is 0.294. The Kier molecular flexibility index (Phi) is 4.61. The number of hydrogen-bond acceptors (Lipinski definition) is 4. The Morgan fingerprint density at radius 1 is 0.880 bits per heavy atom. The molecule has 3 rings (SSSR count). The van der Waals surface area contributed by atoms with Gasteiger partial charge in [0.2, 0.25) is 10.0 Å². The Balaban J connectivity index is 1.80. The van der Waals surface area contributed by atoms with Crippen LogP contribution < -0.4 is 9.44 Å². The molecule has 25 heavy (non-hydrogen) atoms. The van der Waals surface area contributed by atoms with E-state index in [1.165, 1.54) is 24.3 Å². The van der Waals surface area contributed by atoms with E-state index in [0.29, 0.717) is 11.3 Å². The Morgan fingerprint density at radius 3 is 2.08 bits per heavy atom. The summed E-state index contributed by atoms with van der Waals surface area (Å²) in [5.41, 5.74) is 1.94. The zero-order valence-corrected chi connectivity index (χ0v) is 15.6. The molecule has 1 aliphatic carbocycles. The lowest BCUT2D eigenvalue weighted by Crippen LogP contribution is -2.25. The second kappa shape index (κ2) is 6.44. The van der Waals surface area contributed by atoms with Crippen molar-refractivity contribution in [3.8, 4) is 0 Å². The molecule has 134 valence electrons. The van der Waals surface area contributed by atoms with Crippen LogP contribution in [-0.2, 0) is 20.0 Å². The second-order valence-electron chi connectivity index (χ2n) is 6.29. The van der Waals surface area contributed by atoms with Crippen molar-refractivity contribution in [3.63, 3.8) is 0 Å². The van der Waals surface area contributed by atoms with Crippen molar-refractivity contribution in [1.82, 2.24) is 4.72 Å².